The summed E-state index contributed by atoms with van der Waals surface area (Å²) >= 11 is 11.5. The first kappa shape index (κ1) is 41.9. The van der Waals surface area contributed by atoms with Gasteiger partial charge in [-0.05, 0) is 106 Å². The molecule has 2 N–H and O–H groups in total. The number of nitrogens with zero attached hydrogens (tertiary/aromatic N) is 2. The fourth-order valence-electron chi connectivity index (χ4n) is 4.53. The zero-order chi connectivity index (χ0) is 40.1. The minimum Gasteiger partial charge on any atom is -0.309 e. The lowest BCUT2D eigenvalue weighted by molar-refractivity contribution is -0.141. The van der Waals surface area contributed by atoms with E-state index < -0.39 is 58.7 Å². The van der Waals surface area contributed by atoms with Gasteiger partial charge in [0, 0.05) is 21.8 Å². The highest BCUT2D eigenvalue weighted by Crippen LogP contribution is 2.31. The van der Waals surface area contributed by atoms with Crippen molar-refractivity contribution >= 4 is 66.3 Å². The molecule has 0 bridgehead atoms. The molecule has 10 nitrogen and oxygen atoms in total. The highest BCUT2D eigenvalue weighted by molar-refractivity contribution is 7.94. The van der Waals surface area contributed by atoms with E-state index in [0.29, 0.717) is 10.0 Å². The van der Waals surface area contributed by atoms with Gasteiger partial charge in [-0.25, -0.2) is 26.8 Å². The number of amides is 2. The molecule has 0 saturated carbocycles. The Kier molecular flexibility index (Phi) is 12.6. The molecule has 0 saturated heterocycles. The standard InChI is InChI=1S/C21H19ClN2O3S.C16H14ClF3N2O3S/c1-21(2,28(26,27)18-11-9-17(22)10-12-18)20(25)24-19-13-8-16(14-23-19)15-6-4-3-5-7-15;1-15(2,26(24,25)11-8-6-10(17)7-9-11)14(23)22-13-5-3-4-12(21-13)16(18,19)20/h3-14H,1-2H3,(H,23,24,25);3-9H,1-2H3,(H,21,22,23). The lowest BCUT2D eigenvalue weighted by atomic mass is 10.1. The van der Waals surface area contributed by atoms with Crippen molar-refractivity contribution in [2.24, 2.45) is 0 Å². The van der Waals surface area contributed by atoms with E-state index in [9.17, 15) is 39.6 Å². The van der Waals surface area contributed by atoms with Gasteiger partial charge < -0.3 is 10.6 Å². The third kappa shape index (κ3) is 9.45. The molecule has 5 rings (SSSR count). The number of anilines is 2. The van der Waals surface area contributed by atoms with Gasteiger partial charge in [0.2, 0.25) is 11.8 Å². The molecule has 0 atom stereocenters. The van der Waals surface area contributed by atoms with Crippen molar-refractivity contribution in [3.8, 4) is 11.1 Å². The molecule has 2 heterocycles. The summed E-state index contributed by atoms with van der Waals surface area (Å²) in [6, 6.07) is 27.0. The third-order valence-corrected chi connectivity index (χ3v) is 13.4. The van der Waals surface area contributed by atoms with Crippen LogP contribution in [0.2, 0.25) is 10.0 Å². The molecular weight excluding hydrogens is 788 g/mol. The molecule has 0 radical (unpaired) electrons. The number of hydrogen-bond donors (Lipinski definition) is 2. The summed E-state index contributed by atoms with van der Waals surface area (Å²) in [5.41, 5.74) is 0.693. The number of alkyl halides is 3. The van der Waals surface area contributed by atoms with E-state index >= 15 is 0 Å². The molecule has 54 heavy (non-hydrogen) atoms. The summed E-state index contributed by atoms with van der Waals surface area (Å²) in [6.45, 7) is 5.04. The first-order valence-electron chi connectivity index (χ1n) is 15.8. The summed E-state index contributed by atoms with van der Waals surface area (Å²) < 4.78 is 85.7. The number of rotatable bonds is 9. The Hall–Kier alpha value is -4.83. The highest BCUT2D eigenvalue weighted by atomic mass is 35.5. The molecule has 2 aromatic heterocycles. The number of carbonyl (C=O) groups excluding carboxylic acids is 2. The van der Waals surface area contributed by atoms with Gasteiger partial charge in [0.25, 0.3) is 0 Å². The van der Waals surface area contributed by atoms with Crippen LogP contribution in [0.3, 0.4) is 0 Å². The van der Waals surface area contributed by atoms with E-state index in [0.717, 1.165) is 43.2 Å². The number of sulfone groups is 2. The Labute approximate surface area is 320 Å². The first-order valence-corrected chi connectivity index (χ1v) is 19.5. The zero-order valence-electron chi connectivity index (χ0n) is 29.0. The van der Waals surface area contributed by atoms with Gasteiger partial charge in [0.15, 0.2) is 19.7 Å². The van der Waals surface area contributed by atoms with Crippen LogP contribution in [0, 0.1) is 0 Å². The minimum atomic E-state index is -4.69. The Morgan fingerprint density at radius 2 is 1.04 bits per heavy atom. The molecule has 5 aromatic rings. The molecule has 3 aromatic carbocycles. The molecule has 0 aliphatic carbocycles. The molecule has 284 valence electrons. The lowest BCUT2D eigenvalue weighted by Crippen LogP contribution is -2.44. The number of benzene rings is 3. The Balaban J connectivity index is 0.000000241. The smallest absolute Gasteiger partial charge is 0.309 e. The van der Waals surface area contributed by atoms with Gasteiger partial charge in [-0.2, -0.15) is 13.2 Å². The second-order valence-electron chi connectivity index (χ2n) is 12.5. The minimum absolute atomic E-state index is 0.0319. The normalized spacial score (nSPS) is 12.2. The van der Waals surface area contributed by atoms with E-state index in [-0.39, 0.29) is 15.6 Å². The Bertz CT molecular complexity index is 2340. The average molecular weight is 822 g/mol. The zero-order valence-corrected chi connectivity index (χ0v) is 32.2. The van der Waals surface area contributed by atoms with Crippen LogP contribution in [0.4, 0.5) is 24.8 Å². The predicted molar refractivity (Wildman–Crippen MR) is 202 cm³/mol. The number of hydrogen-bond acceptors (Lipinski definition) is 8. The van der Waals surface area contributed by atoms with Gasteiger partial charge in [-0.3, -0.25) is 9.59 Å². The highest BCUT2D eigenvalue weighted by Gasteiger charge is 2.44. The average Bonchev–Trinajstić information content (AvgIpc) is 3.12. The fraction of sp³-hybridized carbons (Fsp3) is 0.189. The molecular formula is C37H33Cl2F3N4O6S2. The fourth-order valence-corrected chi connectivity index (χ4v) is 7.54. The number of halogens is 5. The van der Waals surface area contributed by atoms with Crippen LogP contribution >= 0.6 is 23.2 Å². The maximum atomic E-state index is 12.9. The predicted octanol–water partition coefficient (Wildman–Crippen LogP) is 8.54. The number of pyridine rings is 2. The number of nitrogens with one attached hydrogen (secondary N) is 2. The largest absolute Gasteiger partial charge is 0.433 e. The molecule has 2 amide bonds. The molecule has 0 aliphatic rings. The van der Waals surface area contributed by atoms with Crippen molar-refractivity contribution in [1.29, 1.82) is 0 Å². The van der Waals surface area contributed by atoms with Crippen LogP contribution < -0.4 is 10.6 Å². The van der Waals surface area contributed by atoms with E-state index in [1.165, 1.54) is 62.4 Å². The number of carbonyl (C=O) groups is 2. The van der Waals surface area contributed by atoms with Gasteiger partial charge in [-0.15, -0.1) is 0 Å². The van der Waals surface area contributed by atoms with Crippen molar-refractivity contribution in [1.82, 2.24) is 9.97 Å². The summed E-state index contributed by atoms with van der Waals surface area (Å²) in [5.74, 6) is -1.80. The van der Waals surface area contributed by atoms with Crippen LogP contribution in [0.15, 0.2) is 125 Å². The monoisotopic (exact) mass is 820 g/mol. The van der Waals surface area contributed by atoms with Crippen molar-refractivity contribution in [3.05, 3.63) is 131 Å². The van der Waals surface area contributed by atoms with Gasteiger partial charge >= 0.3 is 6.18 Å². The van der Waals surface area contributed by atoms with Gasteiger partial charge in [0.05, 0.1) is 9.79 Å². The SMILES string of the molecule is CC(C)(C(=O)Nc1ccc(-c2ccccc2)cn1)S(=O)(=O)c1ccc(Cl)cc1.CC(C)(C(=O)Nc1cccc(C(F)(F)F)n1)S(=O)(=O)c1ccc(Cl)cc1. The lowest BCUT2D eigenvalue weighted by Gasteiger charge is -2.23. The van der Waals surface area contributed by atoms with Gasteiger partial charge in [-0.1, -0.05) is 59.6 Å². The van der Waals surface area contributed by atoms with Crippen molar-refractivity contribution < 1.29 is 39.6 Å². The topological polar surface area (TPSA) is 152 Å². The first-order chi connectivity index (χ1) is 25.1. The summed E-state index contributed by atoms with van der Waals surface area (Å²) in [7, 11) is -8.06. The molecule has 0 spiro atoms. The summed E-state index contributed by atoms with van der Waals surface area (Å²) in [5, 5.41) is 5.46. The van der Waals surface area contributed by atoms with E-state index in [4.69, 9.17) is 23.2 Å². The van der Waals surface area contributed by atoms with Crippen molar-refractivity contribution in [3.63, 3.8) is 0 Å². The maximum absolute atomic E-state index is 12.9. The van der Waals surface area contributed by atoms with Crippen LogP contribution in [0.5, 0.6) is 0 Å². The summed E-state index contributed by atoms with van der Waals surface area (Å²) in [6.07, 6.45) is -3.06. The van der Waals surface area contributed by atoms with E-state index in [1.54, 1.807) is 12.3 Å². The Morgan fingerprint density at radius 1 is 0.574 bits per heavy atom. The summed E-state index contributed by atoms with van der Waals surface area (Å²) in [4.78, 5) is 32.6. The second kappa shape index (κ2) is 16.3. The van der Waals surface area contributed by atoms with E-state index in [2.05, 4.69) is 20.6 Å². The Morgan fingerprint density at radius 3 is 1.46 bits per heavy atom. The molecule has 0 fully saturated rings. The molecule has 0 aliphatic heterocycles. The van der Waals surface area contributed by atoms with Crippen LogP contribution in [0.25, 0.3) is 11.1 Å². The maximum Gasteiger partial charge on any atom is 0.433 e. The molecule has 17 heteroatoms. The molecule has 0 unspecified atom stereocenters. The van der Waals surface area contributed by atoms with Crippen LogP contribution in [-0.2, 0) is 35.4 Å². The van der Waals surface area contributed by atoms with Gasteiger partial charge in [0.1, 0.15) is 26.8 Å². The van der Waals surface area contributed by atoms with Crippen molar-refractivity contribution in [2.75, 3.05) is 10.6 Å². The van der Waals surface area contributed by atoms with Crippen LogP contribution in [-0.4, -0.2) is 48.1 Å². The number of aromatic nitrogens is 2. The van der Waals surface area contributed by atoms with E-state index in [1.807, 2.05) is 36.4 Å². The quantitative estimate of drug-likeness (QED) is 0.150. The van der Waals surface area contributed by atoms with Crippen molar-refractivity contribution in [2.45, 2.75) is 53.2 Å². The third-order valence-electron chi connectivity index (χ3n) is 8.08. The van der Waals surface area contributed by atoms with Crippen LogP contribution in [0.1, 0.15) is 33.4 Å². The second-order valence-corrected chi connectivity index (χ2v) is 18.4.